The van der Waals surface area contributed by atoms with Gasteiger partial charge in [-0.3, -0.25) is 4.90 Å². The number of hydrogen-bond acceptors (Lipinski definition) is 4. The molecule has 0 amide bonds. The Hall–Kier alpha value is 0.0600. The van der Waals surface area contributed by atoms with E-state index in [-0.39, 0.29) is 0 Å². The van der Waals surface area contributed by atoms with Crippen molar-refractivity contribution in [3.63, 3.8) is 0 Å². The summed E-state index contributed by atoms with van der Waals surface area (Å²) in [7, 11) is 6.56. The number of rotatable bonds is 3. The maximum Gasteiger partial charge on any atom is 0.0605 e. The molecule has 17 heavy (non-hydrogen) atoms. The van der Waals surface area contributed by atoms with Crippen molar-refractivity contribution in [2.75, 3.05) is 40.8 Å². The van der Waals surface area contributed by atoms with Crippen LogP contribution in [0.4, 0.5) is 0 Å². The Morgan fingerprint density at radius 1 is 1.59 bits per heavy atom. The van der Waals surface area contributed by atoms with Crippen molar-refractivity contribution in [2.24, 2.45) is 0 Å². The van der Waals surface area contributed by atoms with Gasteiger partial charge in [0.15, 0.2) is 0 Å². The molecule has 1 aromatic rings. The second kappa shape index (κ2) is 5.80. The Kier molecular flexibility index (Phi) is 4.60. The molecule has 1 fully saturated rings. The average molecular weight is 318 g/mol. The fraction of sp³-hybridized carbons (Fsp3) is 0.667. The van der Waals surface area contributed by atoms with E-state index in [0.29, 0.717) is 12.1 Å². The smallest absolute Gasteiger partial charge is 0.0605 e. The van der Waals surface area contributed by atoms with E-state index in [0.717, 1.165) is 19.6 Å². The number of nitrogens with one attached hydrogen (secondary N) is 1. The zero-order chi connectivity index (χ0) is 12.4. The summed E-state index contributed by atoms with van der Waals surface area (Å²) >= 11 is 5.39. The summed E-state index contributed by atoms with van der Waals surface area (Å²) in [5.74, 6) is 0. The van der Waals surface area contributed by atoms with Crippen LogP contribution in [0.15, 0.2) is 15.9 Å². The number of hydrogen-bond donors (Lipinski definition) is 1. The quantitative estimate of drug-likeness (QED) is 0.920. The summed E-state index contributed by atoms with van der Waals surface area (Å²) in [6, 6.07) is 3.26. The fourth-order valence-electron chi connectivity index (χ4n) is 2.45. The van der Waals surface area contributed by atoms with E-state index in [2.05, 4.69) is 63.6 Å². The predicted octanol–water partition coefficient (Wildman–Crippen LogP) is 2.02. The minimum Gasteiger partial charge on any atom is -0.314 e. The first-order valence-corrected chi connectivity index (χ1v) is 7.58. The van der Waals surface area contributed by atoms with Crippen molar-refractivity contribution >= 4 is 27.3 Å². The minimum atomic E-state index is 0.462. The molecule has 0 spiro atoms. The highest BCUT2D eigenvalue weighted by Crippen LogP contribution is 2.32. The molecular formula is C12H20BrN3S. The molecule has 1 aromatic heterocycles. The summed E-state index contributed by atoms with van der Waals surface area (Å²) in [6.45, 7) is 3.29. The summed E-state index contributed by atoms with van der Waals surface area (Å²) in [6.07, 6.45) is 0. The van der Waals surface area contributed by atoms with E-state index in [9.17, 15) is 0 Å². The van der Waals surface area contributed by atoms with Crippen molar-refractivity contribution in [1.29, 1.82) is 0 Å². The van der Waals surface area contributed by atoms with Crippen LogP contribution in [0.2, 0.25) is 0 Å². The van der Waals surface area contributed by atoms with Crippen molar-refractivity contribution in [1.82, 2.24) is 15.1 Å². The Morgan fingerprint density at radius 2 is 2.35 bits per heavy atom. The van der Waals surface area contributed by atoms with Gasteiger partial charge in [0, 0.05) is 40.4 Å². The molecule has 1 saturated heterocycles. The molecule has 96 valence electrons. The van der Waals surface area contributed by atoms with Crippen LogP contribution in [0, 0.1) is 0 Å². The van der Waals surface area contributed by atoms with Crippen molar-refractivity contribution in [2.45, 2.75) is 12.1 Å². The number of halogens is 1. The van der Waals surface area contributed by atoms with Crippen molar-refractivity contribution in [3.05, 3.63) is 20.8 Å². The molecule has 0 radical (unpaired) electrons. The van der Waals surface area contributed by atoms with Gasteiger partial charge in [-0.05, 0) is 43.1 Å². The molecule has 5 heteroatoms. The normalized spacial score (nSPS) is 24.2. The van der Waals surface area contributed by atoms with Crippen molar-refractivity contribution < 1.29 is 0 Å². The average Bonchev–Trinajstić information content (AvgIpc) is 2.68. The molecule has 1 aliphatic rings. The first-order valence-electron chi connectivity index (χ1n) is 5.91. The van der Waals surface area contributed by atoms with Gasteiger partial charge in [0.1, 0.15) is 0 Å². The van der Waals surface area contributed by atoms with Gasteiger partial charge in [-0.15, -0.1) is 11.3 Å². The highest BCUT2D eigenvalue weighted by molar-refractivity contribution is 9.10. The lowest BCUT2D eigenvalue weighted by atomic mass is 10.0. The highest BCUT2D eigenvalue weighted by atomic mass is 79.9. The van der Waals surface area contributed by atoms with Crippen LogP contribution in [0.25, 0.3) is 0 Å². The monoisotopic (exact) mass is 317 g/mol. The lowest BCUT2D eigenvalue weighted by Crippen LogP contribution is -2.54. The molecule has 2 atom stereocenters. The molecule has 2 heterocycles. The number of thiophene rings is 1. The van der Waals surface area contributed by atoms with Gasteiger partial charge in [-0.2, -0.15) is 0 Å². The van der Waals surface area contributed by atoms with Crippen LogP contribution in [0.1, 0.15) is 10.9 Å². The van der Waals surface area contributed by atoms with Gasteiger partial charge in [0.2, 0.25) is 0 Å². The van der Waals surface area contributed by atoms with Crippen LogP contribution in [0.5, 0.6) is 0 Å². The molecule has 0 aliphatic carbocycles. The molecule has 3 nitrogen and oxygen atoms in total. The predicted molar refractivity (Wildman–Crippen MR) is 77.7 cm³/mol. The fourth-order valence-corrected chi connectivity index (χ4v) is 4.15. The summed E-state index contributed by atoms with van der Waals surface area (Å²) in [5, 5.41) is 5.67. The molecule has 1 aliphatic heterocycles. The lowest BCUT2D eigenvalue weighted by molar-refractivity contribution is 0.109. The van der Waals surface area contributed by atoms with Gasteiger partial charge < -0.3 is 10.2 Å². The third-order valence-corrected chi connectivity index (χ3v) is 5.13. The van der Waals surface area contributed by atoms with E-state index in [1.807, 2.05) is 11.3 Å². The number of nitrogens with zero attached hydrogens (tertiary/aromatic N) is 2. The van der Waals surface area contributed by atoms with E-state index in [4.69, 9.17) is 0 Å². The van der Waals surface area contributed by atoms with Gasteiger partial charge in [0.25, 0.3) is 0 Å². The van der Waals surface area contributed by atoms with Crippen LogP contribution < -0.4 is 5.32 Å². The molecule has 1 N–H and O–H groups in total. The summed E-state index contributed by atoms with van der Waals surface area (Å²) in [5.41, 5.74) is 0. The maximum absolute atomic E-state index is 3.55. The second-order valence-electron chi connectivity index (χ2n) is 4.83. The zero-order valence-corrected chi connectivity index (χ0v) is 13.0. The van der Waals surface area contributed by atoms with Crippen LogP contribution in [-0.4, -0.2) is 56.6 Å². The summed E-state index contributed by atoms with van der Waals surface area (Å²) in [4.78, 5) is 6.23. The van der Waals surface area contributed by atoms with E-state index in [1.165, 1.54) is 9.35 Å². The van der Waals surface area contributed by atoms with E-state index < -0.39 is 0 Å². The zero-order valence-electron chi connectivity index (χ0n) is 10.6. The Bertz CT molecular complexity index is 366. The molecular weight excluding hydrogens is 298 g/mol. The number of likely N-dealkylation sites (N-methyl/N-ethyl adjacent to an activating group) is 2. The van der Waals surface area contributed by atoms with Gasteiger partial charge in [-0.1, -0.05) is 0 Å². The van der Waals surface area contributed by atoms with E-state index in [1.54, 1.807) is 0 Å². The van der Waals surface area contributed by atoms with Crippen molar-refractivity contribution in [3.8, 4) is 0 Å². The van der Waals surface area contributed by atoms with Gasteiger partial charge in [0.05, 0.1) is 6.04 Å². The highest BCUT2D eigenvalue weighted by Gasteiger charge is 2.31. The first-order chi connectivity index (χ1) is 8.09. The van der Waals surface area contributed by atoms with Gasteiger partial charge in [-0.25, -0.2) is 0 Å². The largest absolute Gasteiger partial charge is 0.314 e. The van der Waals surface area contributed by atoms with Gasteiger partial charge >= 0.3 is 0 Å². The molecule has 0 saturated carbocycles. The van der Waals surface area contributed by atoms with Crippen LogP contribution in [0.3, 0.4) is 0 Å². The van der Waals surface area contributed by atoms with Crippen LogP contribution in [-0.2, 0) is 0 Å². The first kappa shape index (κ1) is 13.5. The third kappa shape index (κ3) is 3.09. The third-order valence-electron chi connectivity index (χ3n) is 3.36. The van der Waals surface area contributed by atoms with E-state index >= 15 is 0 Å². The SMILES string of the molecule is CN(C)C(c1cc(Br)cs1)C1CNCCN1C. The Balaban J connectivity index is 2.22. The summed E-state index contributed by atoms with van der Waals surface area (Å²) < 4.78 is 1.19. The minimum absolute atomic E-state index is 0.462. The molecule has 0 bridgehead atoms. The Labute approximate surface area is 116 Å². The lowest BCUT2D eigenvalue weighted by Gasteiger charge is -2.40. The molecule has 2 rings (SSSR count). The molecule has 0 aromatic carbocycles. The topological polar surface area (TPSA) is 18.5 Å². The second-order valence-corrected chi connectivity index (χ2v) is 6.69. The standard InChI is InChI=1S/C12H20BrN3S/c1-15(2)12(11-6-9(13)8-17-11)10-7-14-4-5-16(10)3/h6,8,10,12,14H,4-5,7H2,1-3H3. The Morgan fingerprint density at radius 3 is 2.88 bits per heavy atom. The van der Waals surface area contributed by atoms with Crippen LogP contribution >= 0.6 is 27.3 Å². The number of piperazine rings is 1. The molecule has 2 unspecified atom stereocenters. The maximum atomic E-state index is 3.55.